The van der Waals surface area contributed by atoms with E-state index in [1.165, 1.54) is 0 Å². The van der Waals surface area contributed by atoms with Gasteiger partial charge in [0.15, 0.2) is 0 Å². The second kappa shape index (κ2) is 7.92. The SMILES string of the molecule is O=C(CN1C(=O)/C(=C/c2ccccc2)c2ccccc21)NCc1ccccc1. The first-order valence-corrected chi connectivity index (χ1v) is 9.21. The summed E-state index contributed by atoms with van der Waals surface area (Å²) in [5, 5.41) is 2.89. The summed E-state index contributed by atoms with van der Waals surface area (Å²) in [6.07, 6.45) is 1.88. The summed E-state index contributed by atoms with van der Waals surface area (Å²) < 4.78 is 0. The largest absolute Gasteiger partial charge is 0.350 e. The Morgan fingerprint density at radius 3 is 2.25 bits per heavy atom. The number of nitrogens with zero attached hydrogens (tertiary/aromatic N) is 1. The van der Waals surface area contributed by atoms with Crippen molar-refractivity contribution in [2.24, 2.45) is 0 Å². The van der Waals surface area contributed by atoms with Crippen LogP contribution in [-0.4, -0.2) is 18.4 Å². The van der Waals surface area contributed by atoms with Crippen LogP contribution in [0.25, 0.3) is 11.6 Å². The first-order chi connectivity index (χ1) is 13.7. The summed E-state index contributed by atoms with van der Waals surface area (Å²) in [5.74, 6) is -0.340. The van der Waals surface area contributed by atoms with E-state index in [9.17, 15) is 9.59 Å². The van der Waals surface area contributed by atoms with Gasteiger partial charge in [0.25, 0.3) is 5.91 Å². The number of hydrogen-bond donors (Lipinski definition) is 1. The molecule has 0 bridgehead atoms. The predicted octanol–water partition coefficient (Wildman–Crippen LogP) is 3.89. The average molecular weight is 368 g/mol. The van der Waals surface area contributed by atoms with Gasteiger partial charge in [0, 0.05) is 17.7 Å². The minimum absolute atomic E-state index is 0.00515. The molecule has 4 heteroatoms. The fraction of sp³-hybridized carbons (Fsp3) is 0.0833. The molecule has 3 aromatic carbocycles. The molecular formula is C24H20N2O2. The maximum Gasteiger partial charge on any atom is 0.259 e. The summed E-state index contributed by atoms with van der Waals surface area (Å²) in [6.45, 7) is 0.435. The fourth-order valence-electron chi connectivity index (χ4n) is 3.32. The Bertz CT molecular complexity index is 1030. The van der Waals surface area contributed by atoms with Crippen molar-refractivity contribution >= 4 is 29.2 Å². The second-order valence-corrected chi connectivity index (χ2v) is 6.64. The zero-order chi connectivity index (χ0) is 19.3. The van der Waals surface area contributed by atoms with Crippen LogP contribution in [-0.2, 0) is 16.1 Å². The molecule has 1 aliphatic rings. The molecule has 4 nitrogen and oxygen atoms in total. The maximum atomic E-state index is 13.1. The monoisotopic (exact) mass is 368 g/mol. The summed E-state index contributed by atoms with van der Waals surface area (Å²) in [6, 6.07) is 27.0. The highest BCUT2D eigenvalue weighted by Gasteiger charge is 2.33. The van der Waals surface area contributed by atoms with E-state index in [0.717, 1.165) is 22.4 Å². The van der Waals surface area contributed by atoms with Crippen molar-refractivity contribution in [3.63, 3.8) is 0 Å². The van der Waals surface area contributed by atoms with Crippen LogP contribution in [0.15, 0.2) is 84.9 Å². The first-order valence-electron chi connectivity index (χ1n) is 9.21. The van der Waals surface area contributed by atoms with E-state index in [1.807, 2.05) is 91.0 Å². The molecule has 1 heterocycles. The summed E-state index contributed by atoms with van der Waals surface area (Å²) >= 11 is 0. The van der Waals surface area contributed by atoms with Gasteiger partial charge in [-0.1, -0.05) is 78.9 Å². The highest BCUT2D eigenvalue weighted by Crippen LogP contribution is 2.37. The Hall–Kier alpha value is -3.66. The summed E-state index contributed by atoms with van der Waals surface area (Å²) in [5.41, 5.74) is 4.21. The Balaban J connectivity index is 1.54. The number of para-hydroxylation sites is 1. The lowest BCUT2D eigenvalue weighted by Gasteiger charge is -2.16. The van der Waals surface area contributed by atoms with Crippen molar-refractivity contribution in [2.75, 3.05) is 11.4 Å². The van der Waals surface area contributed by atoms with Crippen molar-refractivity contribution in [3.8, 4) is 0 Å². The zero-order valence-corrected chi connectivity index (χ0v) is 15.3. The molecule has 0 aromatic heterocycles. The molecule has 28 heavy (non-hydrogen) atoms. The van der Waals surface area contributed by atoms with Gasteiger partial charge >= 0.3 is 0 Å². The molecule has 3 aromatic rings. The third kappa shape index (κ3) is 3.71. The van der Waals surface area contributed by atoms with Crippen LogP contribution in [0.2, 0.25) is 0 Å². The topological polar surface area (TPSA) is 49.4 Å². The third-order valence-corrected chi connectivity index (χ3v) is 4.71. The maximum absolute atomic E-state index is 13.1. The molecule has 1 aliphatic heterocycles. The minimum Gasteiger partial charge on any atom is -0.350 e. The minimum atomic E-state index is -0.187. The van der Waals surface area contributed by atoms with Gasteiger partial charge < -0.3 is 5.32 Å². The zero-order valence-electron chi connectivity index (χ0n) is 15.3. The number of carbonyl (C=O) groups is 2. The molecule has 0 aliphatic carbocycles. The highest BCUT2D eigenvalue weighted by molar-refractivity contribution is 6.36. The standard InChI is InChI=1S/C24H20N2O2/c27-23(25-16-19-11-5-2-6-12-19)17-26-22-14-8-7-13-20(22)21(24(26)28)15-18-9-3-1-4-10-18/h1-15H,16-17H2,(H,25,27)/b21-15+. The van der Waals surface area contributed by atoms with Crippen LogP contribution in [0.5, 0.6) is 0 Å². The Labute approximate surface area is 164 Å². The van der Waals surface area contributed by atoms with Gasteiger partial charge in [0.2, 0.25) is 5.91 Å². The van der Waals surface area contributed by atoms with Crippen molar-refractivity contribution in [1.82, 2.24) is 5.32 Å². The molecule has 0 fully saturated rings. The molecule has 0 saturated heterocycles. The van der Waals surface area contributed by atoms with E-state index < -0.39 is 0 Å². The number of nitrogens with one attached hydrogen (secondary N) is 1. The molecule has 0 unspecified atom stereocenters. The van der Waals surface area contributed by atoms with E-state index in [-0.39, 0.29) is 18.4 Å². The second-order valence-electron chi connectivity index (χ2n) is 6.64. The molecule has 1 N–H and O–H groups in total. The molecule has 2 amide bonds. The fourth-order valence-corrected chi connectivity index (χ4v) is 3.32. The van der Waals surface area contributed by atoms with Gasteiger partial charge in [-0.3, -0.25) is 14.5 Å². The van der Waals surface area contributed by atoms with Crippen LogP contribution in [0.4, 0.5) is 5.69 Å². The highest BCUT2D eigenvalue weighted by atomic mass is 16.2. The quantitative estimate of drug-likeness (QED) is 0.695. The third-order valence-electron chi connectivity index (χ3n) is 4.71. The smallest absolute Gasteiger partial charge is 0.259 e. The molecular weight excluding hydrogens is 348 g/mol. The first kappa shape index (κ1) is 17.7. The van der Waals surface area contributed by atoms with Crippen molar-refractivity contribution in [1.29, 1.82) is 0 Å². The molecule has 0 atom stereocenters. The van der Waals surface area contributed by atoms with Crippen molar-refractivity contribution in [2.45, 2.75) is 6.54 Å². The number of hydrogen-bond acceptors (Lipinski definition) is 2. The number of carbonyl (C=O) groups excluding carboxylic acids is 2. The van der Waals surface area contributed by atoms with E-state index in [1.54, 1.807) is 4.90 Å². The van der Waals surface area contributed by atoms with E-state index >= 15 is 0 Å². The Kier molecular flexibility index (Phi) is 5.02. The Morgan fingerprint density at radius 1 is 0.857 bits per heavy atom. The van der Waals surface area contributed by atoms with Crippen LogP contribution in [0.1, 0.15) is 16.7 Å². The molecule has 0 spiro atoms. The number of amides is 2. The lowest BCUT2D eigenvalue weighted by Crippen LogP contribution is -2.38. The number of rotatable bonds is 5. The van der Waals surface area contributed by atoms with Crippen LogP contribution in [0.3, 0.4) is 0 Å². The van der Waals surface area contributed by atoms with E-state index in [2.05, 4.69) is 5.32 Å². The van der Waals surface area contributed by atoms with Gasteiger partial charge in [-0.2, -0.15) is 0 Å². The number of anilines is 1. The van der Waals surface area contributed by atoms with E-state index in [4.69, 9.17) is 0 Å². The molecule has 138 valence electrons. The normalized spacial score (nSPS) is 14.2. The number of fused-ring (bicyclic) bond motifs is 1. The predicted molar refractivity (Wildman–Crippen MR) is 111 cm³/mol. The van der Waals surface area contributed by atoms with Gasteiger partial charge in [0.1, 0.15) is 6.54 Å². The van der Waals surface area contributed by atoms with Crippen LogP contribution < -0.4 is 10.2 Å². The van der Waals surface area contributed by atoms with Gasteiger partial charge in [0.05, 0.1) is 5.69 Å². The lowest BCUT2D eigenvalue weighted by molar-refractivity contribution is -0.122. The van der Waals surface area contributed by atoms with Gasteiger partial charge in [-0.15, -0.1) is 0 Å². The van der Waals surface area contributed by atoms with Gasteiger partial charge in [-0.25, -0.2) is 0 Å². The molecule has 0 radical (unpaired) electrons. The van der Waals surface area contributed by atoms with Crippen molar-refractivity contribution < 1.29 is 9.59 Å². The summed E-state index contributed by atoms with van der Waals surface area (Å²) in [7, 11) is 0. The van der Waals surface area contributed by atoms with E-state index in [0.29, 0.717) is 12.1 Å². The molecule has 4 rings (SSSR count). The number of benzene rings is 3. The van der Waals surface area contributed by atoms with Crippen LogP contribution >= 0.6 is 0 Å². The lowest BCUT2D eigenvalue weighted by atomic mass is 10.0. The van der Waals surface area contributed by atoms with Gasteiger partial charge in [-0.05, 0) is 23.3 Å². The average Bonchev–Trinajstić information content (AvgIpc) is 3.00. The molecule has 0 saturated carbocycles. The Morgan fingerprint density at radius 2 is 1.50 bits per heavy atom. The van der Waals surface area contributed by atoms with Crippen LogP contribution in [0, 0.1) is 0 Å². The van der Waals surface area contributed by atoms with Crippen molar-refractivity contribution in [3.05, 3.63) is 102 Å². The summed E-state index contributed by atoms with van der Waals surface area (Å²) in [4.78, 5) is 27.1.